The molecule has 0 bridgehead atoms. The predicted octanol–water partition coefficient (Wildman–Crippen LogP) is 2.21. The van der Waals surface area contributed by atoms with Gasteiger partial charge < -0.3 is 4.74 Å². The Balaban J connectivity index is 2.67. The molecule has 14 heavy (non-hydrogen) atoms. The Hall–Kier alpha value is -1.48. The molecule has 0 spiro atoms. The van der Waals surface area contributed by atoms with Gasteiger partial charge in [0.05, 0.1) is 19.4 Å². The van der Waals surface area contributed by atoms with Crippen LogP contribution in [0.2, 0.25) is 0 Å². The largest absolute Gasteiger partial charge is 0.494 e. The minimum atomic E-state index is 0.677. The van der Waals surface area contributed by atoms with Crippen LogP contribution >= 0.6 is 0 Å². The molecule has 0 unspecified atom stereocenters. The molecule has 0 saturated carbocycles. The van der Waals surface area contributed by atoms with Crippen LogP contribution in [-0.2, 0) is 4.84 Å². The third-order valence-electron chi connectivity index (χ3n) is 1.74. The highest BCUT2D eigenvalue weighted by Gasteiger charge is 1.98. The minimum Gasteiger partial charge on any atom is -0.494 e. The molecular weight excluding hydrogens is 178 g/mol. The Labute approximate surface area is 84.3 Å². The molecule has 0 heterocycles. The molecule has 1 N–H and O–H groups in total. The molecule has 0 saturated heterocycles. The van der Waals surface area contributed by atoms with E-state index < -0.39 is 0 Å². The van der Waals surface area contributed by atoms with Crippen LogP contribution in [0, 0.1) is 0 Å². The highest BCUT2D eigenvalue weighted by molar-refractivity contribution is 5.61. The standard InChI is InChI=1S/C11H15NO2/c1-4-14-11-7-5-10(6-8-11)9(2)12-13-3/h5-8,12H,2,4H2,1,3H3. The van der Waals surface area contributed by atoms with Gasteiger partial charge in [0.1, 0.15) is 5.75 Å². The van der Waals surface area contributed by atoms with Crippen molar-refractivity contribution in [1.29, 1.82) is 0 Å². The van der Waals surface area contributed by atoms with Crippen molar-refractivity contribution in [3.63, 3.8) is 0 Å². The molecule has 1 aromatic carbocycles. The van der Waals surface area contributed by atoms with E-state index in [1.54, 1.807) is 7.11 Å². The van der Waals surface area contributed by atoms with Crippen LogP contribution < -0.4 is 10.2 Å². The summed E-state index contributed by atoms with van der Waals surface area (Å²) in [6.45, 7) is 6.45. The van der Waals surface area contributed by atoms with Crippen LogP contribution in [0.3, 0.4) is 0 Å². The number of nitrogens with one attached hydrogen (secondary N) is 1. The first-order valence-corrected chi connectivity index (χ1v) is 4.49. The maximum atomic E-state index is 5.32. The number of rotatable bonds is 5. The van der Waals surface area contributed by atoms with E-state index >= 15 is 0 Å². The van der Waals surface area contributed by atoms with E-state index in [1.165, 1.54) is 0 Å². The molecule has 0 amide bonds. The van der Waals surface area contributed by atoms with Gasteiger partial charge in [-0.05, 0) is 36.8 Å². The molecule has 76 valence electrons. The van der Waals surface area contributed by atoms with Gasteiger partial charge in [0.2, 0.25) is 0 Å². The summed E-state index contributed by atoms with van der Waals surface area (Å²) in [5, 5.41) is 0. The van der Waals surface area contributed by atoms with Crippen LogP contribution in [-0.4, -0.2) is 13.7 Å². The highest BCUT2D eigenvalue weighted by atomic mass is 16.6. The second kappa shape index (κ2) is 5.29. The zero-order chi connectivity index (χ0) is 10.4. The van der Waals surface area contributed by atoms with Crippen molar-refractivity contribution in [2.45, 2.75) is 6.92 Å². The summed E-state index contributed by atoms with van der Waals surface area (Å²) < 4.78 is 5.32. The van der Waals surface area contributed by atoms with Crippen molar-refractivity contribution in [3.8, 4) is 5.75 Å². The maximum Gasteiger partial charge on any atom is 0.119 e. The van der Waals surface area contributed by atoms with Gasteiger partial charge in [0, 0.05) is 0 Å². The van der Waals surface area contributed by atoms with E-state index in [0.717, 1.165) is 17.0 Å². The van der Waals surface area contributed by atoms with Gasteiger partial charge in [-0.3, -0.25) is 10.3 Å². The normalized spacial score (nSPS) is 9.57. The van der Waals surface area contributed by atoms with Crippen LogP contribution in [0.25, 0.3) is 5.70 Å². The summed E-state index contributed by atoms with van der Waals surface area (Å²) in [5.74, 6) is 0.862. The predicted molar refractivity (Wildman–Crippen MR) is 56.8 cm³/mol. The number of hydrogen-bond donors (Lipinski definition) is 1. The summed E-state index contributed by atoms with van der Waals surface area (Å²) in [7, 11) is 1.56. The van der Waals surface area contributed by atoms with E-state index in [9.17, 15) is 0 Å². The zero-order valence-corrected chi connectivity index (χ0v) is 8.54. The van der Waals surface area contributed by atoms with Crippen LogP contribution in [0.15, 0.2) is 30.8 Å². The van der Waals surface area contributed by atoms with Crippen LogP contribution in [0.5, 0.6) is 5.75 Å². The lowest BCUT2D eigenvalue weighted by Gasteiger charge is -2.08. The Kier molecular flexibility index (Phi) is 4.01. The SMILES string of the molecule is C=C(NOC)c1ccc(OCC)cc1. The molecule has 0 aliphatic rings. The van der Waals surface area contributed by atoms with Gasteiger partial charge in [-0.15, -0.1) is 0 Å². The molecule has 0 aromatic heterocycles. The first-order chi connectivity index (χ1) is 6.77. The molecule has 0 aliphatic heterocycles. The third kappa shape index (κ3) is 2.78. The van der Waals surface area contributed by atoms with Crippen molar-refractivity contribution in [2.75, 3.05) is 13.7 Å². The van der Waals surface area contributed by atoms with Crippen molar-refractivity contribution in [3.05, 3.63) is 36.4 Å². The number of ether oxygens (including phenoxy) is 1. The minimum absolute atomic E-state index is 0.677. The van der Waals surface area contributed by atoms with E-state index in [4.69, 9.17) is 9.57 Å². The summed E-state index contributed by atoms with van der Waals surface area (Å²) in [4.78, 5) is 4.75. The fraction of sp³-hybridized carbons (Fsp3) is 0.273. The lowest BCUT2D eigenvalue weighted by molar-refractivity contribution is 0.137. The van der Waals surface area contributed by atoms with Crippen molar-refractivity contribution in [1.82, 2.24) is 5.48 Å². The highest BCUT2D eigenvalue weighted by Crippen LogP contribution is 2.15. The molecule has 0 atom stereocenters. The quantitative estimate of drug-likeness (QED) is 0.727. The Morgan fingerprint density at radius 2 is 2.00 bits per heavy atom. The average molecular weight is 193 g/mol. The molecule has 0 aliphatic carbocycles. The smallest absolute Gasteiger partial charge is 0.119 e. The second-order valence-corrected chi connectivity index (χ2v) is 2.74. The van der Waals surface area contributed by atoms with Crippen molar-refractivity contribution < 1.29 is 9.57 Å². The topological polar surface area (TPSA) is 30.5 Å². The summed E-state index contributed by atoms with van der Waals surface area (Å²) in [6.07, 6.45) is 0. The number of hydroxylamine groups is 1. The molecule has 1 rings (SSSR count). The van der Waals surface area contributed by atoms with Gasteiger partial charge >= 0.3 is 0 Å². The average Bonchev–Trinajstić information content (AvgIpc) is 2.20. The van der Waals surface area contributed by atoms with Gasteiger partial charge in [-0.1, -0.05) is 6.58 Å². The van der Waals surface area contributed by atoms with Crippen molar-refractivity contribution >= 4 is 5.70 Å². The van der Waals surface area contributed by atoms with E-state index in [2.05, 4.69) is 12.1 Å². The monoisotopic (exact) mass is 193 g/mol. The Morgan fingerprint density at radius 3 is 2.50 bits per heavy atom. The summed E-state index contributed by atoms with van der Waals surface area (Å²) in [5.41, 5.74) is 4.39. The van der Waals surface area contributed by atoms with Gasteiger partial charge in [-0.25, -0.2) is 0 Å². The summed E-state index contributed by atoms with van der Waals surface area (Å²) >= 11 is 0. The maximum absolute atomic E-state index is 5.32. The molecule has 3 heteroatoms. The van der Waals surface area contributed by atoms with Crippen LogP contribution in [0.1, 0.15) is 12.5 Å². The Morgan fingerprint density at radius 1 is 1.36 bits per heavy atom. The fourth-order valence-electron chi connectivity index (χ4n) is 1.10. The fourth-order valence-corrected chi connectivity index (χ4v) is 1.10. The van der Waals surface area contributed by atoms with Gasteiger partial charge in [-0.2, -0.15) is 0 Å². The first kappa shape index (κ1) is 10.6. The van der Waals surface area contributed by atoms with Crippen LogP contribution in [0.4, 0.5) is 0 Å². The number of benzene rings is 1. The molecule has 0 radical (unpaired) electrons. The lowest BCUT2D eigenvalue weighted by atomic mass is 10.2. The first-order valence-electron chi connectivity index (χ1n) is 4.49. The van der Waals surface area contributed by atoms with Gasteiger partial charge in [0.15, 0.2) is 0 Å². The molecule has 3 nitrogen and oxygen atoms in total. The van der Waals surface area contributed by atoms with Crippen molar-refractivity contribution in [2.24, 2.45) is 0 Å². The second-order valence-electron chi connectivity index (χ2n) is 2.74. The summed E-state index contributed by atoms with van der Waals surface area (Å²) in [6, 6.07) is 7.67. The third-order valence-corrected chi connectivity index (χ3v) is 1.74. The van der Waals surface area contributed by atoms with E-state index in [1.807, 2.05) is 31.2 Å². The number of hydrogen-bond acceptors (Lipinski definition) is 3. The zero-order valence-electron chi connectivity index (χ0n) is 8.54. The van der Waals surface area contributed by atoms with E-state index in [0.29, 0.717) is 6.61 Å². The lowest BCUT2D eigenvalue weighted by Crippen LogP contribution is -2.08. The van der Waals surface area contributed by atoms with E-state index in [-0.39, 0.29) is 0 Å². The molecule has 1 aromatic rings. The van der Waals surface area contributed by atoms with Gasteiger partial charge in [0.25, 0.3) is 0 Å². The molecular formula is C11H15NO2. The molecule has 0 fully saturated rings. The Bertz CT molecular complexity index is 293.